The Hall–Kier alpha value is -1.24. The van der Waals surface area contributed by atoms with Crippen molar-refractivity contribution in [2.75, 3.05) is 6.61 Å². The van der Waals surface area contributed by atoms with Crippen LogP contribution in [0.3, 0.4) is 0 Å². The third-order valence-corrected chi connectivity index (χ3v) is 2.72. The average molecular weight is 231 g/mol. The van der Waals surface area contributed by atoms with Crippen LogP contribution in [0.5, 0.6) is 0 Å². The Morgan fingerprint density at radius 2 is 2.00 bits per heavy atom. The molecule has 0 atom stereocenters. The highest BCUT2D eigenvalue weighted by atomic mass is 32.2. The summed E-state index contributed by atoms with van der Waals surface area (Å²) in [7, 11) is -3.67. The first-order chi connectivity index (χ1) is 7.17. The van der Waals surface area contributed by atoms with Gasteiger partial charge in [-0.1, -0.05) is 23.1 Å². The lowest BCUT2D eigenvalue weighted by molar-refractivity contribution is 0.118. The molecule has 0 saturated carbocycles. The van der Waals surface area contributed by atoms with Crippen molar-refractivity contribution in [1.29, 1.82) is 0 Å². The lowest BCUT2D eigenvalue weighted by Crippen LogP contribution is -2.24. The van der Waals surface area contributed by atoms with Crippen LogP contribution in [0, 0.1) is 0 Å². The van der Waals surface area contributed by atoms with Crippen LogP contribution in [0.2, 0.25) is 0 Å². The molecule has 0 spiro atoms. The third-order valence-electron chi connectivity index (χ3n) is 1.49. The van der Waals surface area contributed by atoms with Crippen molar-refractivity contribution in [3.63, 3.8) is 0 Å². The number of hydrogen-bond donors (Lipinski definition) is 1. The fourth-order valence-corrected chi connectivity index (χ4v) is 1.68. The van der Waals surface area contributed by atoms with Gasteiger partial charge in [-0.2, -0.15) is 0 Å². The molecule has 1 aromatic rings. The Morgan fingerprint density at radius 3 is 2.60 bits per heavy atom. The summed E-state index contributed by atoms with van der Waals surface area (Å²) in [5.41, 5.74) is 0. The molecular weight excluding hydrogens is 221 g/mol. The van der Waals surface area contributed by atoms with E-state index in [4.69, 9.17) is 0 Å². The lowest BCUT2D eigenvalue weighted by Gasteiger charge is -2.04. The predicted octanol–water partition coefficient (Wildman–Crippen LogP) is 1.38. The molecule has 0 aliphatic carbocycles. The van der Waals surface area contributed by atoms with Crippen LogP contribution in [0.1, 0.15) is 0 Å². The molecule has 6 heteroatoms. The van der Waals surface area contributed by atoms with Crippen molar-refractivity contribution in [2.45, 2.75) is 4.90 Å². The van der Waals surface area contributed by atoms with Gasteiger partial charge in [0.15, 0.2) is 0 Å². The van der Waals surface area contributed by atoms with E-state index in [1.54, 1.807) is 18.2 Å². The number of hydrogen-bond acceptors (Lipinski definition) is 3. The van der Waals surface area contributed by atoms with Crippen molar-refractivity contribution < 1.29 is 17.6 Å². The first-order valence-electron chi connectivity index (χ1n) is 4.10. The van der Waals surface area contributed by atoms with Crippen LogP contribution in [0.15, 0.2) is 47.6 Å². The maximum Gasteiger partial charge on any atom is 0.262 e. The minimum absolute atomic E-state index is 0.0919. The topological polar surface area (TPSA) is 55.4 Å². The zero-order chi connectivity index (χ0) is 11.1. The smallest absolute Gasteiger partial charge is 0.262 e. The fourth-order valence-electron chi connectivity index (χ4n) is 0.844. The molecule has 1 rings (SSSR count). The maximum atomic E-state index is 11.5. The average Bonchev–Trinajstić information content (AvgIpc) is 2.26. The third kappa shape index (κ3) is 3.78. The molecule has 0 aliphatic rings. The molecule has 0 saturated heterocycles. The van der Waals surface area contributed by atoms with E-state index in [-0.39, 0.29) is 17.8 Å². The molecule has 0 unspecified atom stereocenters. The van der Waals surface area contributed by atoms with Gasteiger partial charge in [0.1, 0.15) is 0 Å². The number of sulfonamides is 1. The largest absolute Gasteiger partial charge is 0.283 e. The SMILES string of the molecule is O=S(=O)(NOCC=CF)c1ccccc1. The van der Waals surface area contributed by atoms with Crippen molar-refractivity contribution >= 4 is 10.0 Å². The molecule has 1 N–H and O–H groups in total. The standard InChI is InChI=1S/C9H10FNO3S/c10-7-4-8-14-11-15(12,13)9-5-2-1-3-6-9/h1-7,11H,8H2. The molecule has 0 aliphatic heterocycles. The molecule has 0 radical (unpaired) electrons. The molecule has 0 bridgehead atoms. The maximum absolute atomic E-state index is 11.5. The van der Waals surface area contributed by atoms with E-state index < -0.39 is 10.0 Å². The summed E-state index contributed by atoms with van der Waals surface area (Å²) >= 11 is 0. The molecule has 0 heterocycles. The van der Waals surface area contributed by atoms with Crippen LogP contribution >= 0.6 is 0 Å². The van der Waals surface area contributed by atoms with Crippen LogP contribution < -0.4 is 4.89 Å². The number of nitrogens with one attached hydrogen (secondary N) is 1. The first-order valence-corrected chi connectivity index (χ1v) is 5.59. The van der Waals surface area contributed by atoms with Gasteiger partial charge >= 0.3 is 0 Å². The van der Waals surface area contributed by atoms with Crippen molar-refractivity contribution in [2.24, 2.45) is 0 Å². The molecule has 15 heavy (non-hydrogen) atoms. The van der Waals surface area contributed by atoms with Gasteiger partial charge in [0.2, 0.25) is 0 Å². The van der Waals surface area contributed by atoms with Crippen LogP contribution in [-0.2, 0) is 14.9 Å². The Kier molecular flexibility index (Phi) is 4.41. The summed E-state index contributed by atoms with van der Waals surface area (Å²) < 4.78 is 34.4. The van der Waals surface area contributed by atoms with Crippen LogP contribution in [-0.4, -0.2) is 15.0 Å². The second-order valence-corrected chi connectivity index (χ2v) is 4.22. The van der Waals surface area contributed by atoms with E-state index in [9.17, 15) is 12.8 Å². The van der Waals surface area contributed by atoms with Crippen LogP contribution in [0.4, 0.5) is 4.39 Å². The van der Waals surface area contributed by atoms with Gasteiger partial charge in [0.05, 0.1) is 17.8 Å². The second kappa shape index (κ2) is 5.59. The first kappa shape index (κ1) is 11.8. The summed E-state index contributed by atoms with van der Waals surface area (Å²) in [5, 5.41) is 0. The van der Waals surface area contributed by atoms with Crippen LogP contribution in [0.25, 0.3) is 0 Å². The quantitative estimate of drug-likeness (QED) is 0.615. The normalized spacial score (nSPS) is 12.1. The molecule has 4 nitrogen and oxygen atoms in total. The molecule has 0 fully saturated rings. The molecule has 0 aromatic heterocycles. The summed E-state index contributed by atoms with van der Waals surface area (Å²) in [5.74, 6) is 0. The van der Waals surface area contributed by atoms with Gasteiger partial charge in [-0.25, -0.2) is 12.8 Å². The number of halogens is 1. The highest BCUT2D eigenvalue weighted by Gasteiger charge is 2.12. The molecule has 0 amide bonds. The summed E-state index contributed by atoms with van der Waals surface area (Å²) in [6, 6.07) is 7.74. The summed E-state index contributed by atoms with van der Waals surface area (Å²) in [4.78, 5) is 6.48. The highest BCUT2D eigenvalue weighted by molar-refractivity contribution is 7.89. The minimum atomic E-state index is -3.67. The molecule has 82 valence electrons. The monoisotopic (exact) mass is 231 g/mol. The van der Waals surface area contributed by atoms with E-state index >= 15 is 0 Å². The highest BCUT2D eigenvalue weighted by Crippen LogP contribution is 2.06. The van der Waals surface area contributed by atoms with Crippen molar-refractivity contribution in [3.8, 4) is 0 Å². The summed E-state index contributed by atoms with van der Waals surface area (Å²) in [6.45, 7) is -0.164. The lowest BCUT2D eigenvalue weighted by atomic mass is 10.4. The Bertz CT molecular complexity index is 416. The fraction of sp³-hybridized carbons (Fsp3) is 0.111. The Morgan fingerprint density at radius 1 is 1.33 bits per heavy atom. The van der Waals surface area contributed by atoms with E-state index in [1.165, 1.54) is 12.1 Å². The van der Waals surface area contributed by atoms with E-state index in [0.29, 0.717) is 0 Å². The van der Waals surface area contributed by atoms with E-state index in [1.807, 2.05) is 4.89 Å². The van der Waals surface area contributed by atoms with Gasteiger partial charge in [-0.05, 0) is 18.2 Å². The van der Waals surface area contributed by atoms with Gasteiger partial charge in [-0.15, -0.1) is 0 Å². The Labute approximate surface area is 87.4 Å². The Balaban J connectivity index is 2.61. The van der Waals surface area contributed by atoms with Gasteiger partial charge in [0, 0.05) is 0 Å². The summed E-state index contributed by atoms with van der Waals surface area (Å²) in [6.07, 6.45) is 1.31. The van der Waals surface area contributed by atoms with Gasteiger partial charge in [-0.3, -0.25) is 4.84 Å². The zero-order valence-electron chi connectivity index (χ0n) is 7.76. The van der Waals surface area contributed by atoms with Gasteiger partial charge < -0.3 is 0 Å². The number of benzene rings is 1. The van der Waals surface area contributed by atoms with Crippen molar-refractivity contribution in [3.05, 3.63) is 42.7 Å². The minimum Gasteiger partial charge on any atom is -0.283 e. The van der Waals surface area contributed by atoms with E-state index in [0.717, 1.165) is 6.08 Å². The predicted molar refractivity (Wildman–Crippen MR) is 53.0 cm³/mol. The molecule has 1 aromatic carbocycles. The van der Waals surface area contributed by atoms with Crippen molar-refractivity contribution in [1.82, 2.24) is 4.89 Å². The van der Waals surface area contributed by atoms with E-state index in [2.05, 4.69) is 4.84 Å². The zero-order valence-corrected chi connectivity index (χ0v) is 8.58. The second-order valence-electron chi connectivity index (χ2n) is 2.57. The number of rotatable bonds is 5. The molecular formula is C9H10FNO3S. The van der Waals surface area contributed by atoms with Gasteiger partial charge in [0.25, 0.3) is 10.0 Å².